The average Bonchev–Trinajstić information content (AvgIpc) is 3.10. The maximum atomic E-state index is 13.5. The molecule has 0 radical (unpaired) electrons. The molecule has 0 saturated heterocycles. The second kappa shape index (κ2) is 11.6. The minimum Gasteiger partial charge on any atom is -0.461 e. The van der Waals surface area contributed by atoms with Crippen LogP contribution in [-0.2, 0) is 14.2 Å². The van der Waals surface area contributed by atoms with Crippen LogP contribution >= 0.6 is 12.2 Å². The Kier molecular flexibility index (Phi) is 9.89. The van der Waals surface area contributed by atoms with Crippen molar-refractivity contribution in [3.05, 3.63) is 18.0 Å². The number of rotatable bonds is 9. The first-order valence-corrected chi connectivity index (χ1v) is 9.34. The molecule has 1 aromatic rings. The number of thiocarbonyl (C=S) groups is 1. The van der Waals surface area contributed by atoms with Gasteiger partial charge in [-0.3, -0.25) is 5.32 Å². The molecular formula is C17H24F3N3O5S. The zero-order chi connectivity index (χ0) is 22.0. The molecular weight excluding hydrogens is 415 g/mol. The number of H-pyrrole nitrogens is 1. The highest BCUT2D eigenvalue weighted by molar-refractivity contribution is 7.80. The van der Waals surface area contributed by atoms with Crippen molar-refractivity contribution in [2.24, 2.45) is 0 Å². The Bertz CT molecular complexity index is 696. The van der Waals surface area contributed by atoms with E-state index < -0.39 is 30.9 Å². The standard InChI is InChI=1S/C17H24F3N3O5S/c1-4-9-28-12(17(18,19)20)10-23(15(29)22-16(25)27-6-3)11-7-8-21-13(11)14(24)26-5-2/h7-8,12,21H,4-6,9-10H2,1-3H3,(H,22,25,29). The summed E-state index contributed by atoms with van der Waals surface area (Å²) in [6.45, 7) is 3.99. The largest absolute Gasteiger partial charge is 0.461 e. The first-order chi connectivity index (χ1) is 13.6. The van der Waals surface area contributed by atoms with E-state index in [1.807, 2.05) is 0 Å². The quantitative estimate of drug-likeness (QED) is 0.450. The molecule has 0 aliphatic rings. The topological polar surface area (TPSA) is 92.9 Å². The van der Waals surface area contributed by atoms with E-state index in [1.54, 1.807) is 20.8 Å². The van der Waals surface area contributed by atoms with Crippen LogP contribution in [0.3, 0.4) is 0 Å². The Morgan fingerprint density at radius 3 is 2.45 bits per heavy atom. The Labute approximate surface area is 171 Å². The molecule has 0 aromatic carbocycles. The van der Waals surface area contributed by atoms with E-state index in [-0.39, 0.29) is 36.3 Å². The fourth-order valence-corrected chi connectivity index (χ4v) is 2.50. The van der Waals surface area contributed by atoms with Crippen molar-refractivity contribution in [3.8, 4) is 0 Å². The molecule has 1 heterocycles. The van der Waals surface area contributed by atoms with E-state index in [1.165, 1.54) is 12.3 Å². The number of carbonyl (C=O) groups excluding carboxylic acids is 2. The fraction of sp³-hybridized carbons (Fsp3) is 0.588. The summed E-state index contributed by atoms with van der Waals surface area (Å²) in [7, 11) is 0. The molecule has 1 atom stereocenters. The summed E-state index contributed by atoms with van der Waals surface area (Å²) in [4.78, 5) is 27.4. The van der Waals surface area contributed by atoms with Gasteiger partial charge in [-0.15, -0.1) is 0 Å². The number of aromatic amines is 1. The summed E-state index contributed by atoms with van der Waals surface area (Å²) < 4.78 is 55.0. The monoisotopic (exact) mass is 439 g/mol. The van der Waals surface area contributed by atoms with Gasteiger partial charge in [0.05, 0.1) is 25.4 Å². The highest BCUT2D eigenvalue weighted by Crippen LogP contribution is 2.28. The third-order valence-electron chi connectivity index (χ3n) is 3.46. The normalized spacial score (nSPS) is 12.2. The van der Waals surface area contributed by atoms with E-state index >= 15 is 0 Å². The molecule has 0 bridgehead atoms. The maximum Gasteiger partial charge on any atom is 0.416 e. The molecule has 1 rings (SSSR count). The van der Waals surface area contributed by atoms with Crippen LogP contribution in [-0.4, -0.2) is 60.8 Å². The number of hydrogen-bond acceptors (Lipinski definition) is 6. The lowest BCUT2D eigenvalue weighted by Crippen LogP contribution is -2.50. The number of halogens is 3. The van der Waals surface area contributed by atoms with Gasteiger partial charge < -0.3 is 24.1 Å². The van der Waals surface area contributed by atoms with E-state index in [4.69, 9.17) is 26.4 Å². The van der Waals surface area contributed by atoms with Gasteiger partial charge in [0.2, 0.25) is 0 Å². The van der Waals surface area contributed by atoms with E-state index in [0.29, 0.717) is 6.42 Å². The number of carbonyl (C=O) groups is 2. The SMILES string of the molecule is CCCOC(CN(C(=S)NC(=O)OCC)c1cc[nH]c1C(=O)OCC)C(F)(F)F. The smallest absolute Gasteiger partial charge is 0.416 e. The first kappa shape index (κ1) is 24.7. The number of aromatic nitrogens is 1. The average molecular weight is 439 g/mol. The number of nitrogens with one attached hydrogen (secondary N) is 2. The lowest BCUT2D eigenvalue weighted by molar-refractivity contribution is -0.216. The third-order valence-corrected chi connectivity index (χ3v) is 3.78. The summed E-state index contributed by atoms with van der Waals surface area (Å²) in [5.41, 5.74) is -0.115. The van der Waals surface area contributed by atoms with Crippen LogP contribution < -0.4 is 10.2 Å². The van der Waals surface area contributed by atoms with Crippen LogP contribution in [0.1, 0.15) is 37.7 Å². The first-order valence-electron chi connectivity index (χ1n) is 8.93. The van der Waals surface area contributed by atoms with Gasteiger partial charge >= 0.3 is 18.2 Å². The van der Waals surface area contributed by atoms with Crippen molar-refractivity contribution >= 4 is 35.1 Å². The summed E-state index contributed by atoms with van der Waals surface area (Å²) in [5, 5.41) is 1.80. The van der Waals surface area contributed by atoms with Crippen LogP contribution in [0, 0.1) is 0 Å². The van der Waals surface area contributed by atoms with Gasteiger partial charge in [0.1, 0.15) is 5.69 Å². The zero-order valence-corrected chi connectivity index (χ0v) is 17.1. The van der Waals surface area contributed by atoms with Crippen molar-refractivity contribution in [2.75, 3.05) is 31.3 Å². The van der Waals surface area contributed by atoms with Gasteiger partial charge in [0.25, 0.3) is 0 Å². The molecule has 1 unspecified atom stereocenters. The van der Waals surface area contributed by atoms with Gasteiger partial charge in [-0.1, -0.05) is 6.92 Å². The van der Waals surface area contributed by atoms with Crippen molar-refractivity contribution in [1.29, 1.82) is 0 Å². The third kappa shape index (κ3) is 7.54. The van der Waals surface area contributed by atoms with Gasteiger partial charge in [-0.2, -0.15) is 13.2 Å². The van der Waals surface area contributed by atoms with Crippen molar-refractivity contribution in [1.82, 2.24) is 10.3 Å². The number of anilines is 1. The Balaban J connectivity index is 3.25. The van der Waals surface area contributed by atoms with Crippen molar-refractivity contribution < 1.29 is 37.0 Å². The Morgan fingerprint density at radius 2 is 1.90 bits per heavy atom. The summed E-state index contributed by atoms with van der Waals surface area (Å²) in [6, 6.07) is 1.35. The minimum atomic E-state index is -4.70. The van der Waals surface area contributed by atoms with Gasteiger partial charge in [0, 0.05) is 12.8 Å². The molecule has 1 aromatic heterocycles. The Morgan fingerprint density at radius 1 is 1.24 bits per heavy atom. The van der Waals surface area contributed by atoms with Crippen LogP contribution in [0.5, 0.6) is 0 Å². The predicted octanol–water partition coefficient (Wildman–Crippen LogP) is 3.39. The molecule has 0 spiro atoms. The minimum absolute atomic E-state index is 0.000373. The lowest BCUT2D eigenvalue weighted by atomic mass is 10.2. The summed E-state index contributed by atoms with van der Waals surface area (Å²) in [6.07, 6.45) is -6.14. The number of ether oxygens (including phenoxy) is 3. The van der Waals surface area contributed by atoms with Crippen LogP contribution in [0.2, 0.25) is 0 Å². The van der Waals surface area contributed by atoms with Crippen LogP contribution in [0.4, 0.5) is 23.7 Å². The number of nitrogens with zero attached hydrogens (tertiary/aromatic N) is 1. The van der Waals surface area contributed by atoms with E-state index in [9.17, 15) is 22.8 Å². The molecule has 0 saturated carbocycles. The number of hydrogen-bond donors (Lipinski definition) is 2. The van der Waals surface area contributed by atoms with Crippen LogP contribution in [0.25, 0.3) is 0 Å². The molecule has 29 heavy (non-hydrogen) atoms. The molecule has 2 N–H and O–H groups in total. The predicted molar refractivity (Wildman–Crippen MR) is 103 cm³/mol. The van der Waals surface area contributed by atoms with Gasteiger partial charge in [-0.05, 0) is 38.6 Å². The molecule has 1 amide bonds. The number of amides is 1. The molecule has 12 heteroatoms. The molecule has 164 valence electrons. The van der Waals surface area contributed by atoms with Gasteiger partial charge in [0.15, 0.2) is 11.2 Å². The molecule has 8 nitrogen and oxygen atoms in total. The van der Waals surface area contributed by atoms with Crippen LogP contribution in [0.15, 0.2) is 12.3 Å². The number of esters is 1. The zero-order valence-electron chi connectivity index (χ0n) is 16.3. The highest BCUT2D eigenvalue weighted by Gasteiger charge is 2.43. The van der Waals surface area contributed by atoms with E-state index in [0.717, 1.165) is 4.90 Å². The van der Waals surface area contributed by atoms with Crippen molar-refractivity contribution in [2.45, 2.75) is 39.5 Å². The maximum absolute atomic E-state index is 13.5. The fourth-order valence-electron chi connectivity index (χ4n) is 2.24. The number of alkyl carbamates (subject to hydrolysis) is 1. The molecule has 0 fully saturated rings. The molecule has 0 aliphatic carbocycles. The highest BCUT2D eigenvalue weighted by atomic mass is 32.1. The van der Waals surface area contributed by atoms with Crippen molar-refractivity contribution in [3.63, 3.8) is 0 Å². The Hall–Kier alpha value is -2.34. The van der Waals surface area contributed by atoms with E-state index in [2.05, 4.69) is 10.3 Å². The number of alkyl halides is 3. The second-order valence-electron chi connectivity index (χ2n) is 5.62. The summed E-state index contributed by atoms with van der Waals surface area (Å²) in [5.74, 6) is -0.783. The van der Waals surface area contributed by atoms with Gasteiger partial charge in [-0.25, -0.2) is 9.59 Å². The second-order valence-corrected chi connectivity index (χ2v) is 6.01. The summed E-state index contributed by atoms with van der Waals surface area (Å²) >= 11 is 5.10. The lowest BCUT2D eigenvalue weighted by Gasteiger charge is -2.30. The molecule has 0 aliphatic heterocycles.